The summed E-state index contributed by atoms with van der Waals surface area (Å²) in [6.45, 7) is 7.55. The zero-order valence-electron chi connectivity index (χ0n) is 18.3. The van der Waals surface area contributed by atoms with Gasteiger partial charge in [-0.05, 0) is 45.4 Å². The van der Waals surface area contributed by atoms with Crippen molar-refractivity contribution in [1.29, 1.82) is 0 Å². The van der Waals surface area contributed by atoms with E-state index in [9.17, 15) is 14.7 Å². The first-order chi connectivity index (χ1) is 14.5. The van der Waals surface area contributed by atoms with Crippen LogP contribution in [0.2, 0.25) is 0 Å². The number of aromatic hydroxyl groups is 1. The second kappa shape index (κ2) is 8.40. The molecule has 1 aromatic carbocycles. The number of hydrogen-bond acceptors (Lipinski definition) is 6. The fourth-order valence-electron chi connectivity index (χ4n) is 3.91. The number of nitrogens with zero attached hydrogens (tertiary/aromatic N) is 1. The van der Waals surface area contributed by atoms with E-state index in [1.807, 2.05) is 19.2 Å². The topological polar surface area (TPSA) is 129 Å². The number of carboxylic acid groups (broad SMARTS) is 1. The van der Waals surface area contributed by atoms with Crippen LogP contribution in [0.25, 0.3) is 22.2 Å². The molecule has 0 unspecified atom stereocenters. The van der Waals surface area contributed by atoms with Crippen molar-refractivity contribution in [3.05, 3.63) is 39.8 Å². The van der Waals surface area contributed by atoms with Crippen LogP contribution in [0.4, 0.5) is 10.5 Å². The smallest absolute Gasteiger partial charge is 0.504 e. The number of rotatable bonds is 3. The molecule has 0 aliphatic carbocycles. The summed E-state index contributed by atoms with van der Waals surface area (Å²) < 4.78 is 6.64. The highest BCUT2D eigenvalue weighted by Gasteiger charge is 2.25. The summed E-state index contributed by atoms with van der Waals surface area (Å²) >= 11 is 0. The zero-order chi connectivity index (χ0) is 22.5. The number of fused-ring (bicyclic) bond motifs is 4. The number of benzene rings is 1. The maximum Gasteiger partial charge on any atom is 0.511 e. The van der Waals surface area contributed by atoms with Crippen molar-refractivity contribution in [3.8, 4) is 22.8 Å². The highest BCUT2D eigenvalue weighted by Crippen LogP contribution is 2.40. The SMILES string of the molecule is Cl.Cn1c(CNC(C)(C)C)cc2cc3c(cc21)NCCc1c-3[nH]c(=O)c(OC(=O)O)c1O. The lowest BCUT2D eigenvalue weighted by Crippen LogP contribution is -2.35. The van der Waals surface area contributed by atoms with Crippen LogP contribution in [-0.4, -0.2) is 38.0 Å². The lowest BCUT2D eigenvalue weighted by Gasteiger charge is -2.20. The number of aromatic amines is 1. The molecule has 0 saturated carbocycles. The summed E-state index contributed by atoms with van der Waals surface area (Å²) in [6, 6.07) is 6.09. The van der Waals surface area contributed by atoms with Crippen LogP contribution in [0, 0.1) is 0 Å². The van der Waals surface area contributed by atoms with Gasteiger partial charge in [0.15, 0.2) is 5.75 Å². The minimum Gasteiger partial charge on any atom is -0.504 e. The number of hydrogen-bond donors (Lipinski definition) is 5. The number of carbonyl (C=O) groups is 1. The van der Waals surface area contributed by atoms with Crippen molar-refractivity contribution >= 4 is 35.2 Å². The standard InChI is InChI=1S/C22H26N4O5.ClH/c1-22(2,3)24-10-12-7-11-8-14-15(9-16(11)26(12)4)23-6-5-13-17(14)25-20(28)19(18(13)27)31-21(29)30;/h7-9,23-24H,5-6,10H2,1-4H3,(H,29,30)(H2,25,27,28);1H. The predicted octanol–water partition coefficient (Wildman–Crippen LogP) is 3.57. The van der Waals surface area contributed by atoms with Crippen molar-refractivity contribution in [2.45, 2.75) is 39.3 Å². The minimum atomic E-state index is -1.66. The fourth-order valence-corrected chi connectivity index (χ4v) is 3.91. The Kier molecular flexibility index (Phi) is 6.17. The van der Waals surface area contributed by atoms with E-state index in [1.54, 1.807) is 0 Å². The molecule has 4 rings (SSSR count). The molecule has 9 nitrogen and oxygen atoms in total. The number of H-pyrrole nitrogens is 1. The second-order valence-electron chi connectivity index (χ2n) is 8.79. The molecule has 172 valence electrons. The summed E-state index contributed by atoms with van der Waals surface area (Å²) in [5.41, 5.74) is 3.80. The van der Waals surface area contributed by atoms with Crippen LogP contribution >= 0.6 is 12.4 Å². The lowest BCUT2D eigenvalue weighted by atomic mass is 10.0. The maximum atomic E-state index is 12.4. The van der Waals surface area contributed by atoms with Gasteiger partial charge in [0, 0.05) is 53.6 Å². The van der Waals surface area contributed by atoms with Crippen LogP contribution in [0.3, 0.4) is 0 Å². The highest BCUT2D eigenvalue weighted by molar-refractivity contribution is 5.94. The lowest BCUT2D eigenvalue weighted by molar-refractivity contribution is 0.142. The monoisotopic (exact) mass is 462 g/mol. The Morgan fingerprint density at radius 2 is 2.00 bits per heavy atom. The van der Waals surface area contributed by atoms with Gasteiger partial charge in [-0.25, -0.2) is 4.79 Å². The molecule has 3 aromatic rings. The molecule has 10 heteroatoms. The molecule has 1 aliphatic heterocycles. The molecule has 0 saturated heterocycles. The van der Waals surface area contributed by atoms with Crippen LogP contribution < -0.4 is 20.9 Å². The van der Waals surface area contributed by atoms with Crippen LogP contribution in [0.5, 0.6) is 11.5 Å². The van der Waals surface area contributed by atoms with E-state index in [-0.39, 0.29) is 17.9 Å². The molecule has 5 N–H and O–H groups in total. The summed E-state index contributed by atoms with van der Waals surface area (Å²) in [5.74, 6) is -1.05. The molecule has 0 fully saturated rings. The molecule has 0 amide bonds. The van der Waals surface area contributed by atoms with E-state index in [0.717, 1.165) is 27.8 Å². The van der Waals surface area contributed by atoms with E-state index in [0.29, 0.717) is 30.8 Å². The summed E-state index contributed by atoms with van der Waals surface area (Å²) in [5, 5.41) is 27.3. The largest absolute Gasteiger partial charge is 0.511 e. The van der Waals surface area contributed by atoms with Crippen molar-refractivity contribution in [1.82, 2.24) is 14.9 Å². The van der Waals surface area contributed by atoms with E-state index >= 15 is 0 Å². The molecule has 3 heterocycles. The maximum absolute atomic E-state index is 12.4. The number of ether oxygens (including phenoxy) is 1. The Morgan fingerprint density at radius 3 is 2.66 bits per heavy atom. The molecular weight excluding hydrogens is 436 g/mol. The Hall–Kier alpha value is -3.17. The first-order valence-corrected chi connectivity index (χ1v) is 10.1. The molecule has 1 aliphatic rings. The summed E-state index contributed by atoms with van der Waals surface area (Å²) in [4.78, 5) is 26.0. The normalized spacial score (nSPS) is 12.9. The van der Waals surface area contributed by atoms with Crippen molar-refractivity contribution < 1.29 is 19.7 Å². The van der Waals surface area contributed by atoms with E-state index < -0.39 is 23.2 Å². The van der Waals surface area contributed by atoms with E-state index in [2.05, 4.69) is 51.8 Å². The van der Waals surface area contributed by atoms with Gasteiger partial charge >= 0.3 is 6.16 Å². The average molecular weight is 463 g/mol. The van der Waals surface area contributed by atoms with Gasteiger partial charge in [0.25, 0.3) is 5.56 Å². The van der Waals surface area contributed by atoms with Crippen LogP contribution in [0.1, 0.15) is 32.0 Å². The minimum absolute atomic E-state index is 0. The van der Waals surface area contributed by atoms with Gasteiger partial charge in [-0.3, -0.25) is 4.79 Å². The number of aryl methyl sites for hydroxylation is 1. The molecule has 0 bridgehead atoms. The van der Waals surface area contributed by atoms with Gasteiger partial charge in [-0.15, -0.1) is 12.4 Å². The van der Waals surface area contributed by atoms with Crippen LogP contribution in [0.15, 0.2) is 23.0 Å². The fraction of sp³-hybridized carbons (Fsp3) is 0.364. The third-order valence-corrected chi connectivity index (χ3v) is 5.48. The van der Waals surface area contributed by atoms with Gasteiger partial charge in [0.2, 0.25) is 5.75 Å². The predicted molar refractivity (Wildman–Crippen MR) is 125 cm³/mol. The Bertz CT molecular complexity index is 1260. The number of aromatic nitrogens is 2. The van der Waals surface area contributed by atoms with Gasteiger partial charge in [0.05, 0.1) is 11.2 Å². The Morgan fingerprint density at radius 1 is 1.28 bits per heavy atom. The van der Waals surface area contributed by atoms with Gasteiger partial charge in [-0.1, -0.05) is 0 Å². The molecule has 2 aromatic heterocycles. The average Bonchev–Trinajstić information content (AvgIpc) is 2.87. The zero-order valence-corrected chi connectivity index (χ0v) is 19.1. The van der Waals surface area contributed by atoms with E-state index in [1.165, 1.54) is 0 Å². The molecule has 0 atom stereocenters. The second-order valence-corrected chi connectivity index (χ2v) is 8.79. The van der Waals surface area contributed by atoms with Gasteiger partial charge in [-0.2, -0.15) is 0 Å². The summed E-state index contributed by atoms with van der Waals surface area (Å²) in [6.07, 6.45) is -1.27. The Balaban J connectivity index is 0.00000289. The molecule has 0 spiro atoms. The first kappa shape index (κ1) is 23.5. The van der Waals surface area contributed by atoms with E-state index in [4.69, 9.17) is 5.11 Å². The Labute approximate surface area is 190 Å². The van der Waals surface area contributed by atoms with Gasteiger partial charge in [0.1, 0.15) is 0 Å². The molecule has 0 radical (unpaired) electrons. The third-order valence-electron chi connectivity index (χ3n) is 5.48. The third kappa shape index (κ3) is 4.26. The molecular formula is C22H27ClN4O5. The number of nitrogens with one attached hydrogen (secondary N) is 3. The van der Waals surface area contributed by atoms with Crippen LogP contribution in [-0.2, 0) is 20.0 Å². The first-order valence-electron chi connectivity index (χ1n) is 10.1. The van der Waals surface area contributed by atoms with Crippen molar-refractivity contribution in [2.75, 3.05) is 11.9 Å². The summed E-state index contributed by atoms with van der Waals surface area (Å²) in [7, 11) is 2.02. The van der Waals surface area contributed by atoms with Gasteiger partial charge < -0.3 is 35.1 Å². The highest BCUT2D eigenvalue weighted by atomic mass is 35.5. The number of pyridine rings is 1. The number of anilines is 1. The van der Waals surface area contributed by atoms with Crippen molar-refractivity contribution in [2.24, 2.45) is 7.05 Å². The molecule has 32 heavy (non-hydrogen) atoms. The quantitative estimate of drug-likeness (QED) is 0.376. The number of halogens is 1. The van der Waals surface area contributed by atoms with Crippen molar-refractivity contribution in [3.63, 3.8) is 0 Å².